The maximum Gasteiger partial charge on any atom is 0.362 e. The van der Waals surface area contributed by atoms with Gasteiger partial charge in [0.05, 0.1) is 6.04 Å². The zero-order valence-corrected chi connectivity index (χ0v) is 14.3. The molecule has 4 N–H and O–H groups in total. The molecule has 1 aromatic rings. The van der Waals surface area contributed by atoms with Gasteiger partial charge in [-0.05, 0) is 6.42 Å². The highest BCUT2D eigenvalue weighted by molar-refractivity contribution is 7.84. The molecule has 11 nitrogen and oxygen atoms in total. The van der Waals surface area contributed by atoms with E-state index in [-0.39, 0.29) is 23.0 Å². The molecule has 0 radical (unpaired) electrons. The van der Waals surface area contributed by atoms with Crippen LogP contribution in [0.3, 0.4) is 0 Å². The van der Waals surface area contributed by atoms with E-state index < -0.39 is 34.2 Å². The van der Waals surface area contributed by atoms with Crippen LogP contribution in [-0.4, -0.2) is 59.0 Å². The van der Waals surface area contributed by atoms with E-state index in [9.17, 15) is 18.0 Å². The van der Waals surface area contributed by atoms with E-state index in [4.69, 9.17) is 10.3 Å². The second-order valence-electron chi connectivity index (χ2n) is 4.73. The minimum atomic E-state index is -4.67. The number of nitrogen functional groups attached to an aromatic ring is 1. The number of hydrogen-bond acceptors (Lipinski definition) is 9. The van der Waals surface area contributed by atoms with Gasteiger partial charge >= 0.3 is 10.3 Å². The molecule has 0 bridgehead atoms. The Balaban J connectivity index is 2.19. The maximum absolute atomic E-state index is 12.3. The summed E-state index contributed by atoms with van der Waals surface area (Å²) in [5, 5.41) is 7.63. The minimum absolute atomic E-state index is 0.156. The van der Waals surface area contributed by atoms with Crippen molar-refractivity contribution in [3.8, 4) is 0 Å². The average Bonchev–Trinajstić information content (AvgIpc) is 2.91. The number of rotatable bonds is 6. The summed E-state index contributed by atoms with van der Waals surface area (Å²) in [6, 6.07) is -2.00. The highest BCUT2D eigenvalue weighted by atomic mass is 32.2. The minimum Gasteiger partial charge on any atom is -0.398 e. The number of amides is 2. The zero-order valence-electron chi connectivity index (χ0n) is 12.7. The van der Waals surface area contributed by atoms with Crippen LogP contribution in [0.4, 0.5) is 5.13 Å². The Morgan fingerprint density at radius 1 is 1.62 bits per heavy atom. The number of aromatic nitrogens is 1. The summed E-state index contributed by atoms with van der Waals surface area (Å²) in [4.78, 5) is 32.7. The first kappa shape index (κ1) is 18.1. The number of carbonyl (C=O) groups excluding carboxylic acids is 2. The van der Waals surface area contributed by atoms with Crippen molar-refractivity contribution in [2.45, 2.75) is 25.4 Å². The Hall–Kier alpha value is -2.25. The molecule has 0 unspecified atom stereocenters. The zero-order chi connectivity index (χ0) is 18.1. The van der Waals surface area contributed by atoms with Crippen LogP contribution in [0.25, 0.3) is 0 Å². The predicted octanol–water partition coefficient (Wildman–Crippen LogP) is -1.02. The van der Waals surface area contributed by atoms with Gasteiger partial charge in [-0.15, -0.1) is 11.3 Å². The molecule has 2 amide bonds. The van der Waals surface area contributed by atoms with Crippen LogP contribution < -0.4 is 11.1 Å². The molecule has 13 heteroatoms. The second kappa shape index (κ2) is 6.70. The van der Waals surface area contributed by atoms with Gasteiger partial charge in [-0.2, -0.15) is 8.42 Å². The molecule has 0 aliphatic carbocycles. The molecule has 1 aliphatic rings. The molecular formula is C11H15N5O6S2. The quantitative estimate of drug-likeness (QED) is 0.245. The van der Waals surface area contributed by atoms with E-state index in [0.29, 0.717) is 4.31 Å². The third kappa shape index (κ3) is 3.32. The van der Waals surface area contributed by atoms with Crippen LogP contribution in [-0.2, 0) is 24.7 Å². The Morgan fingerprint density at radius 2 is 2.29 bits per heavy atom. The summed E-state index contributed by atoms with van der Waals surface area (Å²) in [6.07, 6.45) is 0.205. The van der Waals surface area contributed by atoms with E-state index in [1.54, 1.807) is 6.92 Å². The Kier molecular flexibility index (Phi) is 5.05. The van der Waals surface area contributed by atoms with E-state index in [1.165, 1.54) is 12.5 Å². The number of carbonyl (C=O) groups is 2. The Labute approximate surface area is 141 Å². The first-order chi connectivity index (χ1) is 11.2. The molecule has 0 saturated carbocycles. The van der Waals surface area contributed by atoms with Crippen molar-refractivity contribution in [1.29, 1.82) is 0 Å². The molecule has 132 valence electrons. The summed E-state index contributed by atoms with van der Waals surface area (Å²) in [5.41, 5.74) is 5.45. The van der Waals surface area contributed by atoms with Crippen LogP contribution in [0.15, 0.2) is 10.5 Å². The molecule has 2 atom stereocenters. The smallest absolute Gasteiger partial charge is 0.362 e. The topological polar surface area (TPSA) is 164 Å². The highest BCUT2D eigenvalue weighted by Gasteiger charge is 2.53. The van der Waals surface area contributed by atoms with Crippen molar-refractivity contribution in [3.05, 3.63) is 11.1 Å². The molecule has 1 saturated heterocycles. The molecule has 1 fully saturated rings. The SMILES string of the molecule is CC[C@@H]1[C@H](NC(=O)/C(=N/OC)c2csc(N)n2)C(=O)N1S(=O)(=O)O. The number of nitrogens with zero attached hydrogens (tertiary/aromatic N) is 3. The third-order valence-corrected chi connectivity index (χ3v) is 4.91. The fourth-order valence-corrected chi connectivity index (χ4v) is 3.77. The van der Waals surface area contributed by atoms with Crippen LogP contribution in [0, 0.1) is 0 Å². The molecule has 0 aromatic carbocycles. The number of nitrogens with one attached hydrogen (secondary N) is 1. The van der Waals surface area contributed by atoms with Crippen LogP contribution in [0.1, 0.15) is 19.0 Å². The van der Waals surface area contributed by atoms with E-state index in [2.05, 4.69) is 20.3 Å². The van der Waals surface area contributed by atoms with E-state index >= 15 is 0 Å². The number of β-lactam (4-membered cyclic amide) rings is 1. The van der Waals surface area contributed by atoms with E-state index in [0.717, 1.165) is 11.3 Å². The van der Waals surface area contributed by atoms with Crippen molar-refractivity contribution < 1.29 is 27.4 Å². The molecule has 2 rings (SSSR count). The van der Waals surface area contributed by atoms with Gasteiger partial charge in [0.15, 0.2) is 10.8 Å². The monoisotopic (exact) mass is 377 g/mol. The Morgan fingerprint density at radius 3 is 2.75 bits per heavy atom. The van der Waals surface area contributed by atoms with Gasteiger partial charge in [0.25, 0.3) is 11.8 Å². The highest BCUT2D eigenvalue weighted by Crippen LogP contribution is 2.26. The largest absolute Gasteiger partial charge is 0.398 e. The molecule has 1 aliphatic heterocycles. The lowest BCUT2D eigenvalue weighted by Gasteiger charge is -2.43. The van der Waals surface area contributed by atoms with Crippen molar-refractivity contribution in [3.63, 3.8) is 0 Å². The summed E-state index contributed by atoms with van der Waals surface area (Å²) < 4.78 is 31.7. The van der Waals surface area contributed by atoms with Gasteiger partial charge in [0.2, 0.25) is 0 Å². The van der Waals surface area contributed by atoms with Crippen molar-refractivity contribution in [2.75, 3.05) is 12.8 Å². The van der Waals surface area contributed by atoms with Gasteiger partial charge in [-0.25, -0.2) is 9.29 Å². The van der Waals surface area contributed by atoms with Crippen molar-refractivity contribution >= 4 is 44.3 Å². The molecule has 1 aromatic heterocycles. The van der Waals surface area contributed by atoms with Crippen molar-refractivity contribution in [1.82, 2.24) is 14.6 Å². The molecule has 24 heavy (non-hydrogen) atoms. The standard InChI is InChI=1S/C11H15N5O6S2/c1-3-6-8(10(18)16(6)24(19,20)21)14-9(17)7(15-22-2)5-4-23-11(12)13-5/h4,6,8H,3H2,1-2H3,(H2,12,13)(H,14,17)(H,19,20,21)/b15-7+/t6-,8+/m1/s1. The first-order valence-electron chi connectivity index (χ1n) is 6.64. The lowest BCUT2D eigenvalue weighted by atomic mass is 9.96. The average molecular weight is 377 g/mol. The normalized spacial score (nSPS) is 21.4. The summed E-state index contributed by atoms with van der Waals surface area (Å²) in [5.74, 6) is -1.72. The molecule has 0 spiro atoms. The van der Waals surface area contributed by atoms with Crippen LogP contribution in [0.2, 0.25) is 0 Å². The fourth-order valence-electron chi connectivity index (χ4n) is 2.26. The molecule has 2 heterocycles. The lowest BCUT2D eigenvalue weighted by Crippen LogP contribution is -2.72. The number of anilines is 1. The molecular weight excluding hydrogens is 362 g/mol. The summed E-state index contributed by atoms with van der Waals surface area (Å²) in [7, 11) is -3.45. The first-order valence-corrected chi connectivity index (χ1v) is 8.92. The van der Waals surface area contributed by atoms with Gasteiger partial charge < -0.3 is 15.9 Å². The number of nitrogens with two attached hydrogens (primary N) is 1. The van der Waals surface area contributed by atoms with Gasteiger partial charge in [0, 0.05) is 5.38 Å². The number of hydrogen-bond donors (Lipinski definition) is 3. The second-order valence-corrected chi connectivity index (χ2v) is 6.91. The lowest BCUT2D eigenvalue weighted by molar-refractivity contribution is -0.144. The van der Waals surface area contributed by atoms with Gasteiger partial charge in [-0.1, -0.05) is 12.1 Å². The fraction of sp³-hybridized carbons (Fsp3) is 0.455. The van der Waals surface area contributed by atoms with Gasteiger partial charge in [0.1, 0.15) is 18.8 Å². The number of thiazole rings is 1. The summed E-state index contributed by atoms with van der Waals surface area (Å²) in [6.45, 7) is 1.61. The van der Waals surface area contributed by atoms with Crippen molar-refractivity contribution in [2.24, 2.45) is 5.16 Å². The van der Waals surface area contributed by atoms with Crippen LogP contribution >= 0.6 is 11.3 Å². The predicted molar refractivity (Wildman–Crippen MR) is 84.5 cm³/mol. The number of oxime groups is 1. The maximum atomic E-state index is 12.3. The van der Waals surface area contributed by atoms with Crippen LogP contribution in [0.5, 0.6) is 0 Å². The summed E-state index contributed by atoms with van der Waals surface area (Å²) >= 11 is 1.09. The van der Waals surface area contributed by atoms with Gasteiger partial charge in [-0.3, -0.25) is 14.1 Å². The van der Waals surface area contributed by atoms with E-state index in [1.807, 2.05) is 0 Å². The third-order valence-electron chi connectivity index (χ3n) is 3.28. The Bertz CT molecular complexity index is 789.